The molecule has 170 valence electrons. The van der Waals surface area contributed by atoms with Crippen molar-refractivity contribution >= 4 is 40.6 Å². The number of carbonyl (C=O) groups is 1. The first-order valence-corrected chi connectivity index (χ1v) is 9.96. The van der Waals surface area contributed by atoms with E-state index in [2.05, 4.69) is 5.32 Å². The number of ether oxygens (including phenoxy) is 1. The Morgan fingerprint density at radius 1 is 1.06 bits per heavy atom. The van der Waals surface area contributed by atoms with E-state index in [-0.39, 0.29) is 17.1 Å². The number of rotatable bonds is 7. The summed E-state index contributed by atoms with van der Waals surface area (Å²) in [6.07, 6.45) is 1.36. The van der Waals surface area contributed by atoms with Crippen molar-refractivity contribution in [3.05, 3.63) is 103 Å². The maximum atomic E-state index is 12.4. The van der Waals surface area contributed by atoms with Crippen LogP contribution >= 0.6 is 11.6 Å². The van der Waals surface area contributed by atoms with Gasteiger partial charge in [0.15, 0.2) is 0 Å². The van der Waals surface area contributed by atoms with Crippen LogP contribution in [0.4, 0.5) is 17.1 Å². The van der Waals surface area contributed by atoms with E-state index in [4.69, 9.17) is 16.3 Å². The van der Waals surface area contributed by atoms with Gasteiger partial charge in [-0.1, -0.05) is 29.8 Å². The normalized spacial score (nSPS) is 10.8. The van der Waals surface area contributed by atoms with Crippen LogP contribution < -0.4 is 10.1 Å². The molecule has 3 rings (SSSR count). The molecule has 0 aromatic heterocycles. The summed E-state index contributed by atoms with van der Waals surface area (Å²) in [4.78, 5) is 33.0. The molecule has 1 N–H and O–H groups in total. The van der Waals surface area contributed by atoms with Gasteiger partial charge in [-0.05, 0) is 54.5 Å². The Bertz CT molecular complexity index is 1360. The fourth-order valence-electron chi connectivity index (χ4n) is 2.79. The fourth-order valence-corrected chi connectivity index (χ4v) is 2.97. The van der Waals surface area contributed by atoms with Crippen LogP contribution in [0.15, 0.2) is 66.2 Å². The van der Waals surface area contributed by atoms with Crippen molar-refractivity contribution in [3.63, 3.8) is 0 Å². The van der Waals surface area contributed by atoms with E-state index in [1.165, 1.54) is 18.2 Å². The van der Waals surface area contributed by atoms with E-state index >= 15 is 0 Å². The molecular weight excluding hydrogens is 464 g/mol. The summed E-state index contributed by atoms with van der Waals surface area (Å²) in [7, 11) is 0. The zero-order valence-electron chi connectivity index (χ0n) is 17.5. The highest BCUT2D eigenvalue weighted by atomic mass is 35.5. The summed E-state index contributed by atoms with van der Waals surface area (Å²) in [5.41, 5.74) is 0.635. The van der Waals surface area contributed by atoms with Crippen LogP contribution in [0, 0.1) is 38.5 Å². The number of aryl methyl sites for hydroxylation is 1. The van der Waals surface area contributed by atoms with Crippen LogP contribution in [0.25, 0.3) is 6.08 Å². The first kappa shape index (κ1) is 23.9. The second kappa shape index (κ2) is 10.2. The molecule has 0 unspecified atom stereocenters. The summed E-state index contributed by atoms with van der Waals surface area (Å²) in [5.74, 6) is -0.580. The van der Waals surface area contributed by atoms with Crippen molar-refractivity contribution in [2.75, 3.05) is 5.32 Å². The number of hydrogen-bond donors (Lipinski definition) is 1. The van der Waals surface area contributed by atoms with E-state index in [0.29, 0.717) is 16.3 Å². The van der Waals surface area contributed by atoms with Crippen molar-refractivity contribution in [1.82, 2.24) is 0 Å². The number of nitro benzene ring substituents is 2. The minimum Gasteiger partial charge on any atom is -0.450 e. The molecule has 1 amide bonds. The molecule has 0 atom stereocenters. The van der Waals surface area contributed by atoms with Gasteiger partial charge in [0.1, 0.15) is 17.4 Å². The highest BCUT2D eigenvalue weighted by Crippen LogP contribution is 2.34. The average molecular weight is 479 g/mol. The number of hydrogen-bond acceptors (Lipinski definition) is 7. The standard InChI is InChI=1S/C23H15ClN4O6/c1-14-2-5-17(11-20(14)24)26-23(29)16(13-25)10-15-3-7-19(8-4-15)34-22-9-6-18(27(30)31)12-21(22)28(32)33/h2-12H,1H3,(H,26,29)/b16-10-. The molecule has 0 aliphatic rings. The second-order valence-electron chi connectivity index (χ2n) is 6.93. The topological polar surface area (TPSA) is 148 Å². The van der Waals surface area contributed by atoms with Gasteiger partial charge in [-0.15, -0.1) is 0 Å². The highest BCUT2D eigenvalue weighted by molar-refractivity contribution is 6.31. The number of nitrogens with one attached hydrogen (secondary N) is 1. The highest BCUT2D eigenvalue weighted by Gasteiger charge is 2.21. The van der Waals surface area contributed by atoms with Crippen LogP contribution in [0.1, 0.15) is 11.1 Å². The quantitative estimate of drug-likeness (QED) is 0.195. The summed E-state index contributed by atoms with van der Waals surface area (Å²) < 4.78 is 5.50. The van der Waals surface area contributed by atoms with Crippen molar-refractivity contribution < 1.29 is 19.4 Å². The van der Waals surface area contributed by atoms with Crippen LogP contribution in [-0.4, -0.2) is 15.8 Å². The van der Waals surface area contributed by atoms with E-state index in [9.17, 15) is 30.3 Å². The Kier molecular flexibility index (Phi) is 7.20. The Labute approximate surface area is 198 Å². The third-order valence-electron chi connectivity index (χ3n) is 4.56. The smallest absolute Gasteiger partial charge is 0.318 e. The third kappa shape index (κ3) is 5.73. The molecule has 0 heterocycles. The lowest BCUT2D eigenvalue weighted by Crippen LogP contribution is -2.13. The Morgan fingerprint density at radius 2 is 1.76 bits per heavy atom. The van der Waals surface area contributed by atoms with Crippen LogP contribution in [0.3, 0.4) is 0 Å². The van der Waals surface area contributed by atoms with Crippen LogP contribution in [0.2, 0.25) is 5.02 Å². The van der Waals surface area contributed by atoms with E-state index in [0.717, 1.165) is 23.8 Å². The lowest BCUT2D eigenvalue weighted by atomic mass is 10.1. The zero-order valence-corrected chi connectivity index (χ0v) is 18.3. The Balaban J connectivity index is 1.77. The van der Waals surface area contributed by atoms with Crippen LogP contribution in [0.5, 0.6) is 11.5 Å². The zero-order chi connectivity index (χ0) is 24.8. The SMILES string of the molecule is Cc1ccc(NC(=O)/C(C#N)=C\c2ccc(Oc3ccc([N+](=O)[O-])cc3[N+](=O)[O-])cc2)cc1Cl. The van der Waals surface area contributed by atoms with Gasteiger partial charge in [-0.3, -0.25) is 25.0 Å². The first-order valence-electron chi connectivity index (χ1n) is 9.58. The Hall–Kier alpha value is -4.75. The molecule has 0 bridgehead atoms. The number of carbonyl (C=O) groups excluding carboxylic acids is 1. The van der Waals surface area contributed by atoms with E-state index in [1.807, 2.05) is 13.0 Å². The monoisotopic (exact) mass is 478 g/mol. The lowest BCUT2D eigenvalue weighted by molar-refractivity contribution is -0.394. The summed E-state index contributed by atoms with van der Waals surface area (Å²) in [5, 5.41) is 34.6. The van der Waals surface area contributed by atoms with Gasteiger partial charge in [0, 0.05) is 16.8 Å². The molecule has 0 saturated carbocycles. The van der Waals surface area contributed by atoms with Crippen molar-refractivity contribution in [2.24, 2.45) is 0 Å². The maximum absolute atomic E-state index is 12.4. The molecule has 34 heavy (non-hydrogen) atoms. The van der Waals surface area contributed by atoms with Crippen molar-refractivity contribution in [1.29, 1.82) is 5.26 Å². The van der Waals surface area contributed by atoms with Crippen molar-refractivity contribution in [3.8, 4) is 17.6 Å². The largest absolute Gasteiger partial charge is 0.450 e. The number of nitro groups is 2. The number of nitrogens with zero attached hydrogens (tertiary/aromatic N) is 3. The molecule has 0 aliphatic carbocycles. The third-order valence-corrected chi connectivity index (χ3v) is 4.97. The van der Waals surface area contributed by atoms with Gasteiger partial charge < -0.3 is 10.1 Å². The molecule has 0 saturated heterocycles. The van der Waals surface area contributed by atoms with Crippen molar-refractivity contribution in [2.45, 2.75) is 6.92 Å². The maximum Gasteiger partial charge on any atom is 0.318 e. The summed E-state index contributed by atoms with van der Waals surface area (Å²) in [6, 6.07) is 15.9. The molecule has 0 radical (unpaired) electrons. The molecule has 0 spiro atoms. The predicted molar refractivity (Wildman–Crippen MR) is 125 cm³/mol. The van der Waals surface area contributed by atoms with Crippen LogP contribution in [-0.2, 0) is 4.79 Å². The molecule has 10 nitrogen and oxygen atoms in total. The minimum atomic E-state index is -0.779. The van der Waals surface area contributed by atoms with Gasteiger partial charge in [-0.25, -0.2) is 0 Å². The Morgan fingerprint density at radius 3 is 2.35 bits per heavy atom. The molecule has 3 aromatic rings. The first-order chi connectivity index (χ1) is 16.2. The average Bonchev–Trinajstić information content (AvgIpc) is 2.80. The minimum absolute atomic E-state index is 0.156. The molecular formula is C23H15ClN4O6. The van der Waals surface area contributed by atoms with Gasteiger partial charge in [-0.2, -0.15) is 5.26 Å². The summed E-state index contributed by atoms with van der Waals surface area (Å²) >= 11 is 6.05. The number of anilines is 1. The van der Waals surface area contributed by atoms with E-state index in [1.54, 1.807) is 30.3 Å². The summed E-state index contributed by atoms with van der Waals surface area (Å²) in [6.45, 7) is 1.82. The number of amides is 1. The van der Waals surface area contributed by atoms with Gasteiger partial charge in [0.2, 0.25) is 5.75 Å². The second-order valence-corrected chi connectivity index (χ2v) is 7.33. The van der Waals surface area contributed by atoms with E-state index < -0.39 is 27.1 Å². The molecule has 0 aliphatic heterocycles. The van der Waals surface area contributed by atoms with Gasteiger partial charge >= 0.3 is 5.69 Å². The fraction of sp³-hybridized carbons (Fsp3) is 0.0435. The molecule has 11 heteroatoms. The molecule has 3 aromatic carbocycles. The number of nitriles is 1. The predicted octanol–water partition coefficient (Wildman–Crippen LogP) is 5.80. The molecule has 0 fully saturated rings. The van der Waals surface area contributed by atoms with Gasteiger partial charge in [0.05, 0.1) is 15.9 Å². The number of halogens is 1. The number of non-ortho nitro benzene ring substituents is 1. The van der Waals surface area contributed by atoms with Gasteiger partial charge in [0.25, 0.3) is 11.6 Å². The number of benzene rings is 3. The lowest BCUT2D eigenvalue weighted by Gasteiger charge is -2.07.